The molecule has 0 aromatic heterocycles. The smallest absolute Gasteiger partial charge is 0.251 e. The highest BCUT2D eigenvalue weighted by Gasteiger charge is 2.17. The minimum atomic E-state index is 0.0743. The summed E-state index contributed by atoms with van der Waals surface area (Å²) < 4.78 is 0. The predicted molar refractivity (Wildman–Crippen MR) is 81.0 cm³/mol. The highest BCUT2D eigenvalue weighted by atomic mass is 32.2. The third kappa shape index (κ3) is 3.06. The molecule has 1 unspecified atom stereocenters. The van der Waals surface area contributed by atoms with Crippen LogP contribution in [0.4, 0.5) is 5.69 Å². The van der Waals surface area contributed by atoms with Crippen molar-refractivity contribution in [2.24, 2.45) is 5.92 Å². The normalized spacial score (nSPS) is 21.6. The van der Waals surface area contributed by atoms with Gasteiger partial charge in [-0.1, -0.05) is 0 Å². The lowest BCUT2D eigenvalue weighted by Crippen LogP contribution is -2.29. The Morgan fingerprint density at radius 1 is 1.47 bits per heavy atom. The average Bonchev–Trinajstić information content (AvgIpc) is 2.97. The van der Waals surface area contributed by atoms with Crippen molar-refractivity contribution in [2.45, 2.75) is 19.3 Å². The molecule has 2 aliphatic rings. The van der Waals surface area contributed by atoms with Crippen molar-refractivity contribution >= 4 is 23.4 Å². The molecule has 4 heteroatoms. The fourth-order valence-corrected chi connectivity index (χ4v) is 3.98. The number of fused-ring (bicyclic) bond motifs is 1. The molecule has 1 amide bonds. The molecule has 1 aromatic rings. The molecule has 0 radical (unpaired) electrons. The first kappa shape index (κ1) is 12.9. The zero-order valence-electron chi connectivity index (χ0n) is 11.1. The molecule has 3 rings (SSSR count). The van der Waals surface area contributed by atoms with Crippen molar-refractivity contribution in [3.63, 3.8) is 0 Å². The van der Waals surface area contributed by atoms with Gasteiger partial charge in [-0.05, 0) is 60.4 Å². The van der Waals surface area contributed by atoms with E-state index in [9.17, 15) is 4.79 Å². The van der Waals surface area contributed by atoms with Crippen molar-refractivity contribution in [1.82, 2.24) is 5.32 Å². The number of hydrogen-bond acceptors (Lipinski definition) is 3. The number of rotatable bonds is 3. The SMILES string of the molecule is O=C(NCC1CCSC1)c1ccc2c(c1)CCCN2. The second-order valence-electron chi connectivity index (χ2n) is 5.34. The molecule has 102 valence electrons. The average molecular weight is 276 g/mol. The lowest BCUT2D eigenvalue weighted by atomic mass is 10.0. The predicted octanol–water partition coefficient (Wildman–Crippen LogP) is 2.53. The second-order valence-corrected chi connectivity index (χ2v) is 6.49. The molecule has 3 nitrogen and oxygen atoms in total. The Hall–Kier alpha value is -1.16. The van der Waals surface area contributed by atoms with Gasteiger partial charge in [0.2, 0.25) is 0 Å². The van der Waals surface area contributed by atoms with Crippen LogP contribution in [0.2, 0.25) is 0 Å². The van der Waals surface area contributed by atoms with Crippen molar-refractivity contribution in [3.8, 4) is 0 Å². The second kappa shape index (κ2) is 5.87. The number of carbonyl (C=O) groups excluding carboxylic acids is 1. The van der Waals surface area contributed by atoms with E-state index >= 15 is 0 Å². The first-order valence-corrected chi connectivity index (χ1v) is 8.21. The fraction of sp³-hybridized carbons (Fsp3) is 0.533. The highest BCUT2D eigenvalue weighted by molar-refractivity contribution is 7.99. The van der Waals surface area contributed by atoms with E-state index in [0.29, 0.717) is 5.92 Å². The Morgan fingerprint density at radius 3 is 3.26 bits per heavy atom. The summed E-state index contributed by atoms with van der Waals surface area (Å²) in [5.41, 5.74) is 3.26. The van der Waals surface area contributed by atoms with Crippen LogP contribution >= 0.6 is 11.8 Å². The van der Waals surface area contributed by atoms with Gasteiger partial charge in [-0.15, -0.1) is 0 Å². The summed E-state index contributed by atoms with van der Waals surface area (Å²) in [5.74, 6) is 3.16. The molecule has 1 fully saturated rings. The number of anilines is 1. The third-order valence-corrected chi connectivity index (χ3v) is 5.11. The number of aryl methyl sites for hydroxylation is 1. The molecule has 2 aliphatic heterocycles. The summed E-state index contributed by atoms with van der Waals surface area (Å²) >= 11 is 1.99. The van der Waals surface area contributed by atoms with E-state index in [-0.39, 0.29) is 5.91 Å². The minimum absolute atomic E-state index is 0.0743. The molecular weight excluding hydrogens is 256 g/mol. The van der Waals surface area contributed by atoms with Gasteiger partial charge in [0.1, 0.15) is 0 Å². The lowest BCUT2D eigenvalue weighted by molar-refractivity contribution is 0.0948. The van der Waals surface area contributed by atoms with Gasteiger partial charge in [0.05, 0.1) is 0 Å². The minimum Gasteiger partial charge on any atom is -0.385 e. The molecule has 2 heterocycles. The van der Waals surface area contributed by atoms with E-state index in [2.05, 4.69) is 10.6 Å². The van der Waals surface area contributed by atoms with E-state index in [1.54, 1.807) is 0 Å². The van der Waals surface area contributed by atoms with Crippen LogP contribution in [-0.4, -0.2) is 30.5 Å². The summed E-state index contributed by atoms with van der Waals surface area (Å²) in [5, 5.41) is 6.45. The van der Waals surface area contributed by atoms with Crippen LogP contribution in [0.25, 0.3) is 0 Å². The Morgan fingerprint density at radius 2 is 2.42 bits per heavy atom. The van der Waals surface area contributed by atoms with Crippen LogP contribution in [0.15, 0.2) is 18.2 Å². The van der Waals surface area contributed by atoms with Crippen molar-refractivity contribution in [3.05, 3.63) is 29.3 Å². The van der Waals surface area contributed by atoms with Crippen LogP contribution in [0.5, 0.6) is 0 Å². The Labute approximate surface area is 118 Å². The molecular formula is C15H20N2OS. The van der Waals surface area contributed by atoms with E-state index in [1.165, 1.54) is 29.2 Å². The molecule has 0 spiro atoms. The van der Waals surface area contributed by atoms with Crippen LogP contribution in [0.3, 0.4) is 0 Å². The maximum absolute atomic E-state index is 12.1. The van der Waals surface area contributed by atoms with E-state index in [0.717, 1.165) is 31.5 Å². The Bertz CT molecular complexity index is 469. The van der Waals surface area contributed by atoms with E-state index in [4.69, 9.17) is 0 Å². The number of nitrogens with one attached hydrogen (secondary N) is 2. The van der Waals surface area contributed by atoms with Gasteiger partial charge >= 0.3 is 0 Å². The van der Waals surface area contributed by atoms with Gasteiger partial charge in [-0.25, -0.2) is 0 Å². The molecule has 0 saturated carbocycles. The third-order valence-electron chi connectivity index (χ3n) is 3.88. The lowest BCUT2D eigenvalue weighted by Gasteiger charge is -2.18. The summed E-state index contributed by atoms with van der Waals surface area (Å²) in [7, 11) is 0. The zero-order valence-corrected chi connectivity index (χ0v) is 11.9. The van der Waals surface area contributed by atoms with E-state index in [1.807, 2.05) is 30.0 Å². The molecule has 1 saturated heterocycles. The zero-order chi connectivity index (χ0) is 13.1. The fourth-order valence-electron chi connectivity index (χ4n) is 2.70. The number of carbonyl (C=O) groups is 1. The van der Waals surface area contributed by atoms with Crippen LogP contribution < -0.4 is 10.6 Å². The molecule has 1 atom stereocenters. The summed E-state index contributed by atoms with van der Waals surface area (Å²) in [4.78, 5) is 12.1. The molecule has 19 heavy (non-hydrogen) atoms. The summed E-state index contributed by atoms with van der Waals surface area (Å²) in [6.45, 7) is 1.86. The van der Waals surface area contributed by atoms with Gasteiger partial charge in [0.25, 0.3) is 5.91 Å². The Kier molecular flexibility index (Phi) is 3.97. The van der Waals surface area contributed by atoms with Crippen LogP contribution in [-0.2, 0) is 6.42 Å². The number of hydrogen-bond donors (Lipinski definition) is 2. The van der Waals surface area contributed by atoms with Crippen molar-refractivity contribution in [2.75, 3.05) is 29.9 Å². The van der Waals surface area contributed by atoms with Crippen molar-refractivity contribution in [1.29, 1.82) is 0 Å². The van der Waals surface area contributed by atoms with Crippen molar-refractivity contribution < 1.29 is 4.79 Å². The Balaban J connectivity index is 1.62. The highest BCUT2D eigenvalue weighted by Crippen LogP contribution is 2.24. The van der Waals surface area contributed by atoms with Gasteiger partial charge in [0.15, 0.2) is 0 Å². The van der Waals surface area contributed by atoms with Gasteiger partial charge in [-0.3, -0.25) is 4.79 Å². The maximum Gasteiger partial charge on any atom is 0.251 e. The van der Waals surface area contributed by atoms with Gasteiger partial charge in [-0.2, -0.15) is 11.8 Å². The first-order chi connectivity index (χ1) is 9.33. The molecule has 0 bridgehead atoms. The topological polar surface area (TPSA) is 41.1 Å². The number of benzene rings is 1. The first-order valence-electron chi connectivity index (χ1n) is 7.05. The quantitative estimate of drug-likeness (QED) is 0.891. The molecule has 1 aromatic carbocycles. The summed E-state index contributed by atoms with van der Waals surface area (Å²) in [6.07, 6.45) is 3.46. The van der Waals surface area contributed by atoms with Gasteiger partial charge in [0, 0.05) is 24.3 Å². The van der Waals surface area contributed by atoms with Gasteiger partial charge < -0.3 is 10.6 Å². The van der Waals surface area contributed by atoms with Crippen LogP contribution in [0, 0.1) is 5.92 Å². The molecule has 0 aliphatic carbocycles. The van der Waals surface area contributed by atoms with Crippen LogP contribution in [0.1, 0.15) is 28.8 Å². The molecule has 2 N–H and O–H groups in total. The standard InChI is InChI=1S/C15H20N2OS/c18-15(17-9-11-5-7-19-10-11)13-3-4-14-12(8-13)2-1-6-16-14/h3-4,8,11,16H,1-2,5-7,9-10H2,(H,17,18). The maximum atomic E-state index is 12.1. The monoisotopic (exact) mass is 276 g/mol. The van der Waals surface area contributed by atoms with E-state index < -0.39 is 0 Å². The summed E-state index contributed by atoms with van der Waals surface area (Å²) in [6, 6.07) is 6.00. The number of thioether (sulfide) groups is 1. The number of amides is 1. The largest absolute Gasteiger partial charge is 0.385 e.